The zero-order chi connectivity index (χ0) is 17.0. The number of benzene rings is 2. The Morgan fingerprint density at radius 1 is 1.04 bits per heavy atom. The molecule has 2 aromatic rings. The molecule has 23 heavy (non-hydrogen) atoms. The van der Waals surface area contributed by atoms with Gasteiger partial charge in [-0.1, -0.05) is 34.8 Å². The zero-order valence-electron chi connectivity index (χ0n) is 13.1. The monoisotopic (exact) mass is 373 g/mol. The quantitative estimate of drug-likeness (QED) is 0.667. The van der Waals surface area contributed by atoms with Gasteiger partial charge in [-0.25, -0.2) is 0 Å². The number of hydrogen-bond acceptors (Lipinski definition) is 3. The molecular formula is C17H18Cl3NO2. The Labute approximate surface area is 151 Å². The van der Waals surface area contributed by atoms with Crippen LogP contribution in [-0.2, 0) is 6.54 Å². The minimum atomic E-state index is 0.0126. The molecule has 2 aromatic carbocycles. The van der Waals surface area contributed by atoms with Crippen LogP contribution in [0.5, 0.6) is 11.5 Å². The highest BCUT2D eigenvalue weighted by molar-refractivity contribution is 6.35. The second kappa shape index (κ2) is 8.00. The molecular weight excluding hydrogens is 357 g/mol. The number of hydrogen-bond donors (Lipinski definition) is 1. The van der Waals surface area contributed by atoms with Gasteiger partial charge in [0.25, 0.3) is 0 Å². The normalized spacial score (nSPS) is 10.7. The lowest BCUT2D eigenvalue weighted by Crippen LogP contribution is -2.11. The van der Waals surface area contributed by atoms with E-state index in [-0.39, 0.29) is 6.10 Å². The summed E-state index contributed by atoms with van der Waals surface area (Å²) in [6, 6.07) is 8.83. The summed E-state index contributed by atoms with van der Waals surface area (Å²) in [5.74, 6) is 1.26. The second-order valence-corrected chi connectivity index (χ2v) is 6.52. The summed E-state index contributed by atoms with van der Waals surface area (Å²) >= 11 is 18.3. The maximum absolute atomic E-state index is 6.17. The molecule has 0 aliphatic carbocycles. The lowest BCUT2D eigenvalue weighted by atomic mass is 10.1. The summed E-state index contributed by atoms with van der Waals surface area (Å²) in [7, 11) is 1.59. The third-order valence-corrected chi connectivity index (χ3v) is 3.85. The van der Waals surface area contributed by atoms with E-state index in [0.717, 1.165) is 11.3 Å². The van der Waals surface area contributed by atoms with Gasteiger partial charge in [-0.15, -0.1) is 0 Å². The Bertz CT molecular complexity index is 690. The Balaban J connectivity index is 2.30. The highest BCUT2D eigenvalue weighted by Gasteiger charge is 2.15. The molecule has 0 fully saturated rings. The smallest absolute Gasteiger partial charge is 0.166 e. The van der Waals surface area contributed by atoms with Crippen LogP contribution in [-0.4, -0.2) is 13.2 Å². The van der Waals surface area contributed by atoms with Gasteiger partial charge in [-0.3, -0.25) is 0 Å². The topological polar surface area (TPSA) is 30.5 Å². The van der Waals surface area contributed by atoms with Crippen molar-refractivity contribution in [1.82, 2.24) is 0 Å². The van der Waals surface area contributed by atoms with Crippen molar-refractivity contribution in [1.29, 1.82) is 0 Å². The minimum Gasteiger partial charge on any atom is -0.493 e. The van der Waals surface area contributed by atoms with Crippen LogP contribution in [0.2, 0.25) is 15.1 Å². The van der Waals surface area contributed by atoms with Gasteiger partial charge in [0.15, 0.2) is 11.5 Å². The zero-order valence-corrected chi connectivity index (χ0v) is 15.4. The van der Waals surface area contributed by atoms with Crippen LogP contribution in [0.1, 0.15) is 19.4 Å². The SMILES string of the molecule is COc1cc(Cl)cc(CNc2cc(Cl)ccc2Cl)c1OC(C)C. The van der Waals surface area contributed by atoms with Crippen molar-refractivity contribution in [2.75, 3.05) is 12.4 Å². The molecule has 124 valence electrons. The van der Waals surface area contributed by atoms with Crippen molar-refractivity contribution < 1.29 is 9.47 Å². The van der Waals surface area contributed by atoms with Gasteiger partial charge in [-0.05, 0) is 38.1 Å². The van der Waals surface area contributed by atoms with Gasteiger partial charge in [-0.2, -0.15) is 0 Å². The molecule has 0 saturated carbocycles. The van der Waals surface area contributed by atoms with Gasteiger partial charge < -0.3 is 14.8 Å². The first-order valence-corrected chi connectivity index (χ1v) is 8.26. The molecule has 0 spiro atoms. The van der Waals surface area contributed by atoms with Crippen LogP contribution >= 0.6 is 34.8 Å². The Hall–Kier alpha value is -1.29. The molecule has 1 N–H and O–H groups in total. The average molecular weight is 375 g/mol. The Kier molecular flexibility index (Phi) is 6.28. The average Bonchev–Trinajstić information content (AvgIpc) is 2.49. The Morgan fingerprint density at radius 3 is 2.43 bits per heavy atom. The predicted molar refractivity (Wildman–Crippen MR) is 97.6 cm³/mol. The van der Waals surface area contributed by atoms with Crippen LogP contribution < -0.4 is 14.8 Å². The predicted octanol–water partition coefficient (Wildman–Crippen LogP) is 6.05. The number of rotatable bonds is 6. The van der Waals surface area contributed by atoms with E-state index in [4.69, 9.17) is 44.3 Å². The lowest BCUT2D eigenvalue weighted by Gasteiger charge is -2.19. The Morgan fingerprint density at radius 2 is 1.78 bits per heavy atom. The molecule has 0 aliphatic heterocycles. The van der Waals surface area contributed by atoms with E-state index in [1.165, 1.54) is 0 Å². The summed E-state index contributed by atoms with van der Waals surface area (Å²) in [4.78, 5) is 0. The summed E-state index contributed by atoms with van der Waals surface area (Å²) in [5, 5.41) is 5.03. The van der Waals surface area contributed by atoms with Crippen molar-refractivity contribution in [2.45, 2.75) is 26.5 Å². The number of nitrogens with one attached hydrogen (secondary N) is 1. The maximum Gasteiger partial charge on any atom is 0.166 e. The first-order chi connectivity index (χ1) is 10.9. The molecule has 0 unspecified atom stereocenters. The van der Waals surface area contributed by atoms with Gasteiger partial charge in [0, 0.05) is 28.2 Å². The molecule has 0 bridgehead atoms. The van der Waals surface area contributed by atoms with Gasteiger partial charge in [0.1, 0.15) is 0 Å². The van der Waals surface area contributed by atoms with E-state index in [1.807, 2.05) is 19.9 Å². The van der Waals surface area contributed by atoms with E-state index in [1.54, 1.807) is 31.4 Å². The summed E-state index contributed by atoms with van der Waals surface area (Å²) in [6.45, 7) is 4.39. The molecule has 6 heteroatoms. The van der Waals surface area contributed by atoms with E-state index in [0.29, 0.717) is 33.1 Å². The number of anilines is 1. The summed E-state index contributed by atoms with van der Waals surface area (Å²) in [5.41, 5.74) is 1.62. The van der Waals surface area contributed by atoms with Crippen LogP contribution in [0.15, 0.2) is 30.3 Å². The molecule has 3 nitrogen and oxygen atoms in total. The maximum atomic E-state index is 6.17. The van der Waals surface area contributed by atoms with Gasteiger partial charge >= 0.3 is 0 Å². The van der Waals surface area contributed by atoms with Crippen LogP contribution in [0.25, 0.3) is 0 Å². The van der Waals surface area contributed by atoms with E-state index in [9.17, 15) is 0 Å². The van der Waals surface area contributed by atoms with Crippen LogP contribution in [0, 0.1) is 0 Å². The van der Waals surface area contributed by atoms with Crippen molar-refractivity contribution in [3.8, 4) is 11.5 Å². The fourth-order valence-electron chi connectivity index (χ4n) is 2.10. The lowest BCUT2D eigenvalue weighted by molar-refractivity contribution is 0.228. The summed E-state index contributed by atoms with van der Waals surface area (Å²) < 4.78 is 11.3. The van der Waals surface area contributed by atoms with Crippen molar-refractivity contribution >= 4 is 40.5 Å². The first kappa shape index (κ1) is 18.1. The highest BCUT2D eigenvalue weighted by atomic mass is 35.5. The fraction of sp³-hybridized carbons (Fsp3) is 0.294. The molecule has 0 aliphatic rings. The van der Waals surface area contributed by atoms with E-state index in [2.05, 4.69) is 5.32 Å². The molecule has 0 heterocycles. The first-order valence-electron chi connectivity index (χ1n) is 7.12. The van der Waals surface area contributed by atoms with Crippen molar-refractivity contribution in [2.24, 2.45) is 0 Å². The number of ether oxygens (including phenoxy) is 2. The standard InChI is InChI=1S/C17H18Cl3NO2/c1-10(2)23-17-11(6-13(19)8-16(17)22-3)9-21-15-7-12(18)4-5-14(15)20/h4-8,10,21H,9H2,1-3H3. The van der Waals surface area contributed by atoms with Crippen LogP contribution in [0.3, 0.4) is 0 Å². The number of halogens is 3. The molecule has 0 radical (unpaired) electrons. The van der Waals surface area contributed by atoms with E-state index >= 15 is 0 Å². The van der Waals surface area contributed by atoms with Crippen molar-refractivity contribution in [3.63, 3.8) is 0 Å². The van der Waals surface area contributed by atoms with E-state index < -0.39 is 0 Å². The van der Waals surface area contributed by atoms with Gasteiger partial charge in [0.05, 0.1) is 23.9 Å². The molecule has 0 amide bonds. The fourth-order valence-corrected chi connectivity index (χ4v) is 2.69. The summed E-state index contributed by atoms with van der Waals surface area (Å²) in [6.07, 6.45) is 0.0126. The highest BCUT2D eigenvalue weighted by Crippen LogP contribution is 2.36. The van der Waals surface area contributed by atoms with Crippen molar-refractivity contribution in [3.05, 3.63) is 51.0 Å². The molecule has 2 rings (SSSR count). The number of methoxy groups -OCH3 is 1. The second-order valence-electron chi connectivity index (χ2n) is 5.24. The van der Waals surface area contributed by atoms with Gasteiger partial charge in [0.2, 0.25) is 0 Å². The van der Waals surface area contributed by atoms with Crippen LogP contribution in [0.4, 0.5) is 5.69 Å². The molecule has 0 saturated heterocycles. The molecule has 0 aromatic heterocycles. The minimum absolute atomic E-state index is 0.0126. The third-order valence-electron chi connectivity index (χ3n) is 3.07. The largest absolute Gasteiger partial charge is 0.493 e. The third kappa shape index (κ3) is 4.84. The molecule has 0 atom stereocenters.